The Balaban J connectivity index is 2.67. The third-order valence-electron chi connectivity index (χ3n) is 3.62. The van der Waals surface area contributed by atoms with Crippen LogP contribution in [0.15, 0.2) is 24.3 Å². The number of nitrogens with one attached hydrogen (secondary N) is 1. The second kappa shape index (κ2) is 8.53. The van der Waals surface area contributed by atoms with Crippen molar-refractivity contribution in [3.05, 3.63) is 29.8 Å². The maximum atomic E-state index is 12.2. The minimum atomic E-state index is -0.979. The van der Waals surface area contributed by atoms with Crippen LogP contribution in [0.1, 0.15) is 38.2 Å². The normalized spacial score (nSPS) is 14.6. The average molecular weight is 323 g/mol. The number of hydrogen-bond acceptors (Lipinski definition) is 4. The largest absolute Gasteiger partial charge is 0.497 e. The summed E-state index contributed by atoms with van der Waals surface area (Å²) < 4.78 is 10.1. The predicted octanol–water partition coefficient (Wildman–Crippen LogP) is 2.18. The van der Waals surface area contributed by atoms with Crippen LogP contribution in [-0.2, 0) is 14.3 Å². The van der Waals surface area contributed by atoms with Gasteiger partial charge in [0.1, 0.15) is 5.75 Å². The number of aliphatic carboxylic acids is 1. The molecule has 1 aromatic carbocycles. The number of carbonyl (C=O) groups is 2. The fraction of sp³-hybridized carbons (Fsp3) is 0.529. The molecule has 2 atom stereocenters. The van der Waals surface area contributed by atoms with Crippen LogP contribution in [0.25, 0.3) is 0 Å². The van der Waals surface area contributed by atoms with Gasteiger partial charge >= 0.3 is 5.97 Å². The molecule has 1 amide bonds. The van der Waals surface area contributed by atoms with E-state index in [9.17, 15) is 9.59 Å². The van der Waals surface area contributed by atoms with Crippen molar-refractivity contribution in [1.82, 2.24) is 5.32 Å². The Morgan fingerprint density at radius 3 is 2.35 bits per heavy atom. The Hall–Kier alpha value is -2.08. The number of benzene rings is 1. The molecule has 23 heavy (non-hydrogen) atoms. The van der Waals surface area contributed by atoms with Crippen molar-refractivity contribution in [2.45, 2.75) is 38.1 Å². The molecule has 1 aromatic rings. The second-order valence-corrected chi connectivity index (χ2v) is 5.99. The highest BCUT2D eigenvalue weighted by Gasteiger charge is 2.30. The minimum Gasteiger partial charge on any atom is -0.497 e. The van der Waals surface area contributed by atoms with Crippen molar-refractivity contribution < 1.29 is 24.2 Å². The average Bonchev–Trinajstić information content (AvgIpc) is 2.46. The Kier molecular flexibility index (Phi) is 7.03. The highest BCUT2D eigenvalue weighted by molar-refractivity contribution is 5.79. The quantitative estimate of drug-likeness (QED) is 0.727. The monoisotopic (exact) mass is 323 g/mol. The summed E-state index contributed by atoms with van der Waals surface area (Å²) in [6.45, 7) is 3.76. The highest BCUT2D eigenvalue weighted by Crippen LogP contribution is 2.22. The first-order chi connectivity index (χ1) is 10.8. The number of rotatable bonds is 9. The molecule has 0 aromatic heterocycles. The Bertz CT molecular complexity index is 528. The molecule has 0 saturated heterocycles. The maximum absolute atomic E-state index is 12.2. The van der Waals surface area contributed by atoms with Crippen LogP contribution in [0.2, 0.25) is 0 Å². The van der Waals surface area contributed by atoms with Gasteiger partial charge in [-0.25, -0.2) is 0 Å². The van der Waals surface area contributed by atoms with Gasteiger partial charge in [0.2, 0.25) is 5.91 Å². The first-order valence-electron chi connectivity index (χ1n) is 7.45. The molecule has 0 spiro atoms. The van der Waals surface area contributed by atoms with Gasteiger partial charge in [0.15, 0.2) is 0 Å². The van der Waals surface area contributed by atoms with E-state index in [-0.39, 0.29) is 31.3 Å². The van der Waals surface area contributed by atoms with E-state index < -0.39 is 11.5 Å². The summed E-state index contributed by atoms with van der Waals surface area (Å²) >= 11 is 0. The summed E-state index contributed by atoms with van der Waals surface area (Å²) in [5.41, 5.74) is 0.102. The molecule has 6 heteroatoms. The molecule has 1 rings (SSSR count). The van der Waals surface area contributed by atoms with E-state index in [0.717, 1.165) is 11.3 Å². The van der Waals surface area contributed by atoms with Gasteiger partial charge in [-0.05, 0) is 30.5 Å². The number of methoxy groups -OCH3 is 2. The maximum Gasteiger partial charge on any atom is 0.305 e. The topological polar surface area (TPSA) is 84.9 Å². The van der Waals surface area contributed by atoms with Gasteiger partial charge in [0.05, 0.1) is 25.7 Å². The number of amides is 1. The van der Waals surface area contributed by atoms with Crippen molar-refractivity contribution >= 4 is 11.9 Å². The summed E-state index contributed by atoms with van der Waals surface area (Å²) in [7, 11) is 3.08. The SMILES string of the molecule is COCC(C)(CC(=O)O)NC(=O)CC(C)c1ccc(OC)cc1. The van der Waals surface area contributed by atoms with Gasteiger partial charge in [0, 0.05) is 13.5 Å². The molecule has 0 aliphatic rings. The molecule has 6 nitrogen and oxygen atoms in total. The van der Waals surface area contributed by atoms with Crippen molar-refractivity contribution in [2.75, 3.05) is 20.8 Å². The predicted molar refractivity (Wildman–Crippen MR) is 86.7 cm³/mol. The molecular formula is C17H25NO5. The van der Waals surface area contributed by atoms with Gasteiger partial charge in [-0.3, -0.25) is 9.59 Å². The lowest BCUT2D eigenvalue weighted by Crippen LogP contribution is -2.51. The first-order valence-corrected chi connectivity index (χ1v) is 7.45. The highest BCUT2D eigenvalue weighted by atomic mass is 16.5. The number of ether oxygens (including phenoxy) is 2. The zero-order valence-corrected chi connectivity index (χ0v) is 14.1. The Labute approximate surface area is 136 Å². The number of carboxylic acids is 1. The smallest absolute Gasteiger partial charge is 0.305 e. The van der Waals surface area contributed by atoms with Crippen LogP contribution in [0.5, 0.6) is 5.75 Å². The molecule has 0 radical (unpaired) electrons. The van der Waals surface area contributed by atoms with Crippen molar-refractivity contribution in [1.29, 1.82) is 0 Å². The zero-order valence-electron chi connectivity index (χ0n) is 14.1. The third-order valence-corrected chi connectivity index (χ3v) is 3.62. The van der Waals surface area contributed by atoms with Gasteiger partial charge in [-0.2, -0.15) is 0 Å². The molecule has 2 N–H and O–H groups in total. The lowest BCUT2D eigenvalue weighted by molar-refractivity contribution is -0.139. The van der Waals surface area contributed by atoms with Crippen LogP contribution in [-0.4, -0.2) is 43.3 Å². The van der Waals surface area contributed by atoms with Crippen LogP contribution >= 0.6 is 0 Å². The van der Waals surface area contributed by atoms with E-state index in [0.29, 0.717) is 0 Å². The minimum absolute atomic E-state index is 0.0116. The molecule has 0 heterocycles. The van der Waals surface area contributed by atoms with E-state index >= 15 is 0 Å². The fourth-order valence-corrected chi connectivity index (χ4v) is 2.50. The molecule has 128 valence electrons. The molecular weight excluding hydrogens is 298 g/mol. The molecule has 2 unspecified atom stereocenters. The summed E-state index contributed by atoms with van der Waals surface area (Å²) in [5, 5.41) is 11.8. The van der Waals surface area contributed by atoms with Crippen LogP contribution in [0, 0.1) is 0 Å². The lowest BCUT2D eigenvalue weighted by atomic mass is 9.95. The van der Waals surface area contributed by atoms with E-state index in [1.165, 1.54) is 7.11 Å². The molecule has 0 bridgehead atoms. The van der Waals surface area contributed by atoms with Crippen molar-refractivity contribution in [3.63, 3.8) is 0 Å². The van der Waals surface area contributed by atoms with E-state index in [4.69, 9.17) is 14.6 Å². The molecule has 0 aliphatic heterocycles. The van der Waals surface area contributed by atoms with E-state index in [1.807, 2.05) is 31.2 Å². The van der Waals surface area contributed by atoms with Crippen molar-refractivity contribution in [2.24, 2.45) is 0 Å². The Morgan fingerprint density at radius 2 is 1.87 bits per heavy atom. The van der Waals surface area contributed by atoms with Gasteiger partial charge in [-0.1, -0.05) is 19.1 Å². The van der Waals surface area contributed by atoms with Crippen LogP contribution < -0.4 is 10.1 Å². The lowest BCUT2D eigenvalue weighted by Gasteiger charge is -2.29. The molecule has 0 fully saturated rings. The fourth-order valence-electron chi connectivity index (χ4n) is 2.50. The number of carboxylic acid groups (broad SMARTS) is 1. The van der Waals surface area contributed by atoms with E-state index in [1.54, 1.807) is 14.0 Å². The van der Waals surface area contributed by atoms with Gasteiger partial charge in [-0.15, -0.1) is 0 Å². The van der Waals surface area contributed by atoms with Gasteiger partial charge in [0.25, 0.3) is 0 Å². The second-order valence-electron chi connectivity index (χ2n) is 5.99. The van der Waals surface area contributed by atoms with Crippen molar-refractivity contribution in [3.8, 4) is 5.75 Å². The first kappa shape index (κ1) is 19.0. The van der Waals surface area contributed by atoms with Gasteiger partial charge < -0.3 is 19.9 Å². The summed E-state index contributed by atoms with van der Waals surface area (Å²) in [5.74, 6) is -0.403. The van der Waals surface area contributed by atoms with Crippen LogP contribution in [0.3, 0.4) is 0 Å². The summed E-state index contributed by atoms with van der Waals surface area (Å²) in [6.07, 6.45) is 0.0781. The molecule has 0 aliphatic carbocycles. The standard InChI is InChI=1S/C17H25NO5/c1-12(13-5-7-14(23-4)8-6-13)9-15(19)18-17(2,11-22-3)10-16(20)21/h5-8,12H,9-11H2,1-4H3,(H,18,19)(H,20,21). The number of carbonyl (C=O) groups excluding carboxylic acids is 1. The molecule has 0 saturated carbocycles. The summed E-state index contributed by atoms with van der Waals surface area (Å²) in [6, 6.07) is 7.54. The zero-order chi connectivity index (χ0) is 17.5. The Morgan fingerprint density at radius 1 is 1.26 bits per heavy atom. The summed E-state index contributed by atoms with van der Waals surface area (Å²) in [4.78, 5) is 23.2. The van der Waals surface area contributed by atoms with Crippen LogP contribution in [0.4, 0.5) is 0 Å². The third kappa shape index (κ3) is 6.28. The van der Waals surface area contributed by atoms with E-state index in [2.05, 4.69) is 5.32 Å². The number of hydrogen-bond donors (Lipinski definition) is 2.